The molecule has 0 atom stereocenters. The third-order valence-corrected chi connectivity index (χ3v) is 4.79. The van der Waals surface area contributed by atoms with Gasteiger partial charge < -0.3 is 9.64 Å². The molecular weight excluding hydrogens is 369 g/mol. The quantitative estimate of drug-likeness (QED) is 0.737. The number of alkyl halides is 3. The number of thiazole rings is 1. The molecule has 0 radical (unpaired) electrons. The molecule has 1 aliphatic rings. The highest BCUT2D eigenvalue weighted by molar-refractivity contribution is 7.09. The van der Waals surface area contributed by atoms with Gasteiger partial charge in [-0.2, -0.15) is 13.2 Å². The molecule has 9 heteroatoms. The van der Waals surface area contributed by atoms with Gasteiger partial charge in [0.25, 0.3) is 5.91 Å². The van der Waals surface area contributed by atoms with E-state index in [1.807, 2.05) is 0 Å². The number of nitrogens with zero attached hydrogens (tertiary/aromatic N) is 2. The number of benzene rings is 1. The number of amides is 1. The third kappa shape index (κ3) is 4.04. The van der Waals surface area contributed by atoms with Crippen LogP contribution in [-0.2, 0) is 17.5 Å². The van der Waals surface area contributed by atoms with Crippen molar-refractivity contribution in [1.29, 1.82) is 0 Å². The molecule has 26 heavy (non-hydrogen) atoms. The van der Waals surface area contributed by atoms with E-state index in [1.165, 1.54) is 30.6 Å². The van der Waals surface area contributed by atoms with Gasteiger partial charge in [-0.1, -0.05) is 0 Å². The van der Waals surface area contributed by atoms with Crippen LogP contribution in [0.15, 0.2) is 29.6 Å². The van der Waals surface area contributed by atoms with Crippen LogP contribution in [0.5, 0.6) is 0 Å². The first kappa shape index (κ1) is 18.4. The molecule has 1 aromatic heterocycles. The summed E-state index contributed by atoms with van der Waals surface area (Å²) in [6, 6.07) is 4.20. The predicted molar refractivity (Wildman–Crippen MR) is 87.8 cm³/mol. The number of carbonyl (C=O) groups is 2. The Morgan fingerprint density at radius 3 is 2.46 bits per heavy atom. The van der Waals surface area contributed by atoms with E-state index in [1.54, 1.807) is 10.3 Å². The van der Waals surface area contributed by atoms with Crippen LogP contribution in [0.25, 0.3) is 0 Å². The maximum Gasteiger partial charge on any atom is 0.416 e. The Bertz CT molecular complexity index is 813. The van der Waals surface area contributed by atoms with Crippen molar-refractivity contribution < 1.29 is 27.5 Å². The minimum absolute atomic E-state index is 0.0373. The summed E-state index contributed by atoms with van der Waals surface area (Å²) < 4.78 is 42.6. The predicted octanol–water partition coefficient (Wildman–Crippen LogP) is 3.75. The zero-order valence-electron chi connectivity index (χ0n) is 13.7. The number of carbonyl (C=O) groups excluding carboxylic acids is 2. The van der Waals surface area contributed by atoms with Gasteiger partial charge in [-0.15, -0.1) is 11.3 Å². The average molecular weight is 384 g/mol. The molecule has 3 rings (SSSR count). The second-order valence-corrected chi connectivity index (χ2v) is 6.80. The van der Waals surface area contributed by atoms with Crippen LogP contribution < -0.4 is 0 Å². The molecule has 1 amide bonds. The number of hydrogen-bond acceptors (Lipinski definition) is 5. The van der Waals surface area contributed by atoms with Crippen LogP contribution in [0, 0.1) is 0 Å². The first-order chi connectivity index (χ1) is 12.3. The lowest BCUT2D eigenvalue weighted by molar-refractivity contribution is -0.137. The number of methoxy groups -OCH3 is 1. The number of esters is 1. The lowest BCUT2D eigenvalue weighted by atomic mass is 10.1. The van der Waals surface area contributed by atoms with Gasteiger partial charge in [-0.25, -0.2) is 9.78 Å². The van der Waals surface area contributed by atoms with Crippen molar-refractivity contribution in [3.8, 4) is 0 Å². The van der Waals surface area contributed by atoms with Gasteiger partial charge in [0.2, 0.25) is 0 Å². The van der Waals surface area contributed by atoms with Gasteiger partial charge in [-0.3, -0.25) is 4.79 Å². The van der Waals surface area contributed by atoms with Crippen molar-refractivity contribution in [1.82, 2.24) is 9.88 Å². The zero-order chi connectivity index (χ0) is 18.9. The second kappa shape index (κ2) is 7.06. The maximum absolute atomic E-state index is 12.7. The Balaban J connectivity index is 1.76. The molecule has 0 spiro atoms. The molecule has 1 saturated carbocycles. The van der Waals surface area contributed by atoms with Crippen molar-refractivity contribution in [2.75, 3.05) is 7.11 Å². The first-order valence-corrected chi connectivity index (χ1v) is 8.68. The molecule has 0 saturated heterocycles. The monoisotopic (exact) mass is 384 g/mol. The lowest BCUT2D eigenvalue weighted by Gasteiger charge is -2.21. The number of rotatable bonds is 5. The molecule has 1 fully saturated rings. The van der Waals surface area contributed by atoms with Crippen LogP contribution in [0.1, 0.15) is 44.3 Å². The van der Waals surface area contributed by atoms with Crippen LogP contribution in [0.2, 0.25) is 0 Å². The summed E-state index contributed by atoms with van der Waals surface area (Å²) in [5.74, 6) is -0.907. The number of ether oxygens (including phenoxy) is 1. The maximum atomic E-state index is 12.7. The van der Waals surface area contributed by atoms with Crippen LogP contribution in [-0.4, -0.2) is 34.9 Å². The molecule has 2 aromatic rings. The van der Waals surface area contributed by atoms with E-state index in [2.05, 4.69) is 9.72 Å². The van der Waals surface area contributed by atoms with E-state index in [0.717, 1.165) is 25.0 Å². The average Bonchev–Trinajstić information content (AvgIpc) is 3.35. The van der Waals surface area contributed by atoms with Crippen molar-refractivity contribution >= 4 is 23.2 Å². The van der Waals surface area contributed by atoms with Crippen LogP contribution >= 0.6 is 11.3 Å². The normalized spacial score (nSPS) is 14.2. The number of halogens is 3. The highest BCUT2D eigenvalue weighted by Gasteiger charge is 2.35. The van der Waals surface area contributed by atoms with Gasteiger partial charge >= 0.3 is 12.1 Å². The largest absolute Gasteiger partial charge is 0.464 e. The highest BCUT2D eigenvalue weighted by Crippen LogP contribution is 2.32. The standard InChI is InChI=1S/C17H15F3N2O3S/c1-25-16(24)13-9-26-14(21-13)8-22(12-6-7-12)15(23)10-2-4-11(5-3-10)17(18,19)20/h2-5,9,12H,6-8H2,1H3. The van der Waals surface area contributed by atoms with Gasteiger partial charge in [-0.05, 0) is 37.1 Å². The summed E-state index contributed by atoms with van der Waals surface area (Å²) in [6.45, 7) is 0.201. The summed E-state index contributed by atoms with van der Waals surface area (Å²) in [5, 5.41) is 2.12. The molecule has 1 heterocycles. The summed E-state index contributed by atoms with van der Waals surface area (Å²) in [6.07, 6.45) is -2.77. The molecule has 0 N–H and O–H groups in total. The third-order valence-electron chi connectivity index (χ3n) is 3.96. The van der Waals surface area contributed by atoms with Crippen molar-refractivity contribution in [3.63, 3.8) is 0 Å². The fourth-order valence-electron chi connectivity index (χ4n) is 2.45. The van der Waals surface area contributed by atoms with Gasteiger partial charge in [0.05, 0.1) is 19.2 Å². The number of hydrogen-bond donors (Lipinski definition) is 0. The van der Waals surface area contributed by atoms with Gasteiger partial charge in [0.1, 0.15) is 5.01 Å². The van der Waals surface area contributed by atoms with Gasteiger partial charge in [0.15, 0.2) is 5.69 Å². The zero-order valence-corrected chi connectivity index (χ0v) is 14.6. The Labute approximate surface area is 151 Å². The van der Waals surface area contributed by atoms with E-state index < -0.39 is 17.7 Å². The highest BCUT2D eigenvalue weighted by atomic mass is 32.1. The SMILES string of the molecule is COC(=O)c1csc(CN(C(=O)c2ccc(C(F)(F)F)cc2)C2CC2)n1. The molecule has 138 valence electrons. The van der Waals surface area contributed by atoms with Crippen LogP contribution in [0.4, 0.5) is 13.2 Å². The van der Waals surface area contributed by atoms with Crippen molar-refractivity contribution in [3.05, 3.63) is 51.5 Å². The number of aromatic nitrogens is 1. The van der Waals surface area contributed by atoms with E-state index in [4.69, 9.17) is 0 Å². The summed E-state index contributed by atoms with van der Waals surface area (Å²) in [5.41, 5.74) is -0.436. The molecular formula is C17H15F3N2O3S. The van der Waals surface area contributed by atoms with E-state index in [-0.39, 0.29) is 29.8 Å². The minimum Gasteiger partial charge on any atom is -0.464 e. The first-order valence-electron chi connectivity index (χ1n) is 7.80. The summed E-state index contributed by atoms with van der Waals surface area (Å²) >= 11 is 1.23. The van der Waals surface area contributed by atoms with E-state index in [9.17, 15) is 22.8 Å². The molecule has 5 nitrogen and oxygen atoms in total. The smallest absolute Gasteiger partial charge is 0.416 e. The Morgan fingerprint density at radius 2 is 1.92 bits per heavy atom. The van der Waals surface area contributed by atoms with Crippen LogP contribution in [0.3, 0.4) is 0 Å². The molecule has 0 bridgehead atoms. The summed E-state index contributed by atoms with van der Waals surface area (Å²) in [4.78, 5) is 29.9. The topological polar surface area (TPSA) is 59.5 Å². The fraction of sp³-hybridized carbons (Fsp3) is 0.353. The lowest BCUT2D eigenvalue weighted by Crippen LogP contribution is -2.32. The Kier molecular flexibility index (Phi) is 4.99. The Morgan fingerprint density at radius 1 is 1.27 bits per heavy atom. The molecule has 1 aromatic carbocycles. The van der Waals surface area contributed by atoms with Crippen molar-refractivity contribution in [2.45, 2.75) is 31.6 Å². The molecule has 0 aliphatic heterocycles. The molecule has 1 aliphatic carbocycles. The minimum atomic E-state index is -4.44. The van der Waals surface area contributed by atoms with E-state index in [0.29, 0.717) is 5.01 Å². The van der Waals surface area contributed by atoms with Gasteiger partial charge in [0, 0.05) is 17.0 Å². The summed E-state index contributed by atoms with van der Waals surface area (Å²) in [7, 11) is 1.26. The molecule has 0 unspecified atom stereocenters. The fourth-order valence-corrected chi connectivity index (χ4v) is 3.21. The van der Waals surface area contributed by atoms with Crippen molar-refractivity contribution in [2.24, 2.45) is 0 Å². The second-order valence-electron chi connectivity index (χ2n) is 5.86. The Hall–Kier alpha value is -2.42. The van der Waals surface area contributed by atoms with E-state index >= 15 is 0 Å².